The number of hydrogen-bond acceptors (Lipinski definition) is 10. The molecule has 79 heavy (non-hydrogen) atoms. The Morgan fingerprint density at radius 1 is 0.835 bits per heavy atom. The van der Waals surface area contributed by atoms with Crippen molar-refractivity contribution in [2.75, 3.05) is 13.7 Å². The molecular formula is C69H83NO9. The van der Waals surface area contributed by atoms with Crippen LogP contribution in [0.1, 0.15) is 150 Å². The van der Waals surface area contributed by atoms with Crippen molar-refractivity contribution in [3.05, 3.63) is 94.6 Å². The Morgan fingerprint density at radius 2 is 1.66 bits per heavy atom. The van der Waals surface area contributed by atoms with Crippen LogP contribution in [-0.4, -0.2) is 91.6 Å². The number of carbonyl (C=O) groups is 2. The summed E-state index contributed by atoms with van der Waals surface area (Å²) in [5, 5.41) is 86.7. The Kier molecular flexibility index (Phi) is 11.9. The molecule has 10 nitrogen and oxygen atoms in total. The normalized spacial score (nSPS) is 50.4. The van der Waals surface area contributed by atoms with E-state index in [9.17, 15) is 25.2 Å². The number of aliphatic hydroxyl groups is 6. The van der Waals surface area contributed by atoms with Gasteiger partial charge in [0.25, 0.3) is 0 Å². The molecule has 0 radical (unpaired) electrons. The lowest BCUT2D eigenvalue weighted by Gasteiger charge is -2.75. The molecule has 16 rings (SSSR count). The number of benzene rings is 2. The maximum absolute atomic E-state index is 15.8. The van der Waals surface area contributed by atoms with Crippen LogP contribution in [0.3, 0.4) is 0 Å². The second-order valence-electron chi connectivity index (χ2n) is 28.7. The Labute approximate surface area is 467 Å². The van der Waals surface area contributed by atoms with E-state index in [2.05, 4.69) is 71.5 Å². The average molecular weight is 1070 g/mol. The molecule has 0 unspecified atom stereocenters. The van der Waals surface area contributed by atoms with Crippen LogP contribution < -0.4 is 5.32 Å². The number of esters is 1. The van der Waals surface area contributed by atoms with E-state index in [1.807, 2.05) is 25.2 Å². The van der Waals surface area contributed by atoms with E-state index in [1.54, 1.807) is 6.08 Å². The fourth-order valence-corrected chi connectivity index (χ4v) is 24.4. The number of carbonyl (C=O) groups excluding carboxylic acids is 2. The topological polar surface area (TPSA) is 177 Å². The molecule has 418 valence electrons. The first kappa shape index (κ1) is 51.8. The van der Waals surface area contributed by atoms with Gasteiger partial charge in [0.1, 0.15) is 18.0 Å². The van der Waals surface area contributed by atoms with Gasteiger partial charge in [0.15, 0.2) is 0 Å². The molecule has 1 aliphatic heterocycles. The molecule has 0 amide bonds. The van der Waals surface area contributed by atoms with Crippen molar-refractivity contribution in [1.82, 2.24) is 5.32 Å². The maximum atomic E-state index is 15.8. The molecule has 9 fully saturated rings. The van der Waals surface area contributed by atoms with Gasteiger partial charge in [0, 0.05) is 70.4 Å². The molecule has 9 bridgehead atoms. The molecule has 10 heteroatoms. The third kappa shape index (κ3) is 6.48. The van der Waals surface area contributed by atoms with Gasteiger partial charge in [-0.05, 0) is 184 Å². The van der Waals surface area contributed by atoms with Crippen LogP contribution in [0.15, 0.2) is 72.3 Å². The van der Waals surface area contributed by atoms with Crippen molar-refractivity contribution in [3.8, 4) is 23.7 Å². The van der Waals surface area contributed by atoms with Crippen LogP contribution in [0.5, 0.6) is 0 Å². The molecular weight excluding hydrogens is 987 g/mol. The lowest BCUT2D eigenvalue weighted by molar-refractivity contribution is -0.368. The Balaban J connectivity index is 0.985. The largest absolute Gasteiger partial charge is 0.454 e. The summed E-state index contributed by atoms with van der Waals surface area (Å²) in [5.41, 5.74) is -6.06. The number of likely N-dealkylation sites (N-methyl/N-ethyl adjacent to an activating group) is 1. The highest BCUT2D eigenvalue weighted by molar-refractivity contribution is 5.87. The van der Waals surface area contributed by atoms with Gasteiger partial charge >= 0.3 is 5.97 Å². The average Bonchev–Trinajstić information content (AvgIpc) is 1.69. The summed E-state index contributed by atoms with van der Waals surface area (Å²) >= 11 is 0. The van der Waals surface area contributed by atoms with Gasteiger partial charge in [-0.3, -0.25) is 0 Å². The number of hydrogen-bond donors (Lipinski definition) is 7. The van der Waals surface area contributed by atoms with E-state index < -0.39 is 92.8 Å². The molecule has 2 aromatic carbocycles. The van der Waals surface area contributed by atoms with Gasteiger partial charge in [0.05, 0.1) is 35.9 Å². The van der Waals surface area contributed by atoms with Gasteiger partial charge in [-0.1, -0.05) is 98.1 Å². The number of aldehydes is 1. The van der Waals surface area contributed by atoms with Gasteiger partial charge in [-0.25, -0.2) is 4.79 Å². The van der Waals surface area contributed by atoms with Crippen molar-refractivity contribution in [1.29, 1.82) is 0 Å². The van der Waals surface area contributed by atoms with Gasteiger partial charge in [-0.15, -0.1) is 5.92 Å². The van der Waals surface area contributed by atoms with Crippen LogP contribution in [-0.2, 0) is 27.4 Å². The minimum atomic E-state index is -2.01. The van der Waals surface area contributed by atoms with Crippen LogP contribution in [0.4, 0.5) is 0 Å². The first-order valence-corrected chi connectivity index (χ1v) is 31.2. The zero-order valence-electron chi connectivity index (χ0n) is 46.2. The number of allylic oxidation sites excluding steroid dienone is 2. The summed E-state index contributed by atoms with van der Waals surface area (Å²) in [6.45, 7) is -0.552. The van der Waals surface area contributed by atoms with Crippen molar-refractivity contribution in [2.45, 2.75) is 176 Å². The molecule has 7 N–H and O–H groups in total. The zero-order chi connectivity index (χ0) is 54.1. The predicted molar refractivity (Wildman–Crippen MR) is 297 cm³/mol. The van der Waals surface area contributed by atoms with Crippen LogP contribution in [0.2, 0.25) is 0 Å². The van der Waals surface area contributed by atoms with Crippen LogP contribution in [0, 0.1) is 122 Å². The SMILES string of the molecule is CN[C@@H]1Cc2c(cccc2CO)C#CCC[C@]23C[C@H]4C#CC[C@@H]5[C@@H]6CC[C@]7(C[C@]8(C=O)[C@@H]4[C@@](O)(C[C@@H]4C[C@@H]9[C@H](C=CC[C@@H]9C9CCCC9)C[C@H]([C@H]7O)[C@@]48O)[C@@]2(O)C[C@H]2C[C@H]1[C@@H]1OC(=O)C=C1[C@@]23CO)[C@H]6CC[C@H]5c1ccccc1. The second-order valence-corrected chi connectivity index (χ2v) is 28.7. The first-order valence-electron chi connectivity index (χ1n) is 31.2. The van der Waals surface area contributed by atoms with Gasteiger partial charge < -0.3 is 45.5 Å². The number of aliphatic hydroxyl groups excluding tert-OH is 3. The zero-order valence-corrected chi connectivity index (χ0v) is 46.2. The summed E-state index contributed by atoms with van der Waals surface area (Å²) < 4.78 is 6.50. The predicted octanol–water partition coefficient (Wildman–Crippen LogP) is 8.13. The van der Waals surface area contributed by atoms with E-state index in [0.717, 1.165) is 55.1 Å². The fraction of sp³-hybridized carbons (Fsp3) is 0.681. The highest BCUT2D eigenvalue weighted by atomic mass is 16.5. The molecule has 1 heterocycles. The second kappa shape index (κ2) is 18.2. The molecule has 0 saturated heterocycles. The number of ether oxygens (including phenoxy) is 1. The van der Waals surface area contributed by atoms with Crippen molar-refractivity contribution in [2.24, 2.45) is 98.6 Å². The van der Waals surface area contributed by atoms with Crippen molar-refractivity contribution < 1.29 is 45.0 Å². The maximum Gasteiger partial charge on any atom is 0.331 e. The smallest absolute Gasteiger partial charge is 0.331 e. The van der Waals surface area contributed by atoms with Crippen molar-refractivity contribution >= 4 is 12.3 Å². The summed E-state index contributed by atoms with van der Waals surface area (Å²) in [7, 11) is 1.92. The summed E-state index contributed by atoms with van der Waals surface area (Å²) in [5.74, 6) is 12.6. The fourth-order valence-electron chi connectivity index (χ4n) is 24.4. The number of fused-ring (bicyclic) bond motifs is 5. The third-order valence-corrected chi connectivity index (χ3v) is 27.0. The highest BCUT2D eigenvalue weighted by Crippen LogP contribution is 2.84. The van der Waals surface area contributed by atoms with Gasteiger partial charge in [-0.2, -0.15) is 0 Å². The quantitative estimate of drug-likeness (QED) is 0.0648. The van der Waals surface area contributed by atoms with E-state index in [0.29, 0.717) is 55.9 Å². The van der Waals surface area contributed by atoms with E-state index in [4.69, 9.17) is 4.74 Å². The minimum absolute atomic E-state index is 0.0309. The minimum Gasteiger partial charge on any atom is -0.454 e. The van der Waals surface area contributed by atoms with Crippen molar-refractivity contribution in [3.63, 3.8) is 0 Å². The van der Waals surface area contributed by atoms with Crippen LogP contribution >= 0.6 is 0 Å². The summed E-state index contributed by atoms with van der Waals surface area (Å²) in [4.78, 5) is 30.0. The Hall–Kier alpha value is -4.10. The molecule has 2 spiro atoms. The van der Waals surface area contributed by atoms with E-state index in [-0.39, 0.29) is 86.2 Å². The molecule has 14 aliphatic rings. The molecule has 0 aromatic heterocycles. The summed E-state index contributed by atoms with van der Waals surface area (Å²) in [6.07, 6.45) is 18.9. The highest BCUT2D eigenvalue weighted by Gasteiger charge is 2.89. The summed E-state index contributed by atoms with van der Waals surface area (Å²) in [6, 6.07) is 16.5. The van der Waals surface area contributed by atoms with E-state index in [1.165, 1.54) is 31.2 Å². The van der Waals surface area contributed by atoms with E-state index >= 15 is 15.0 Å². The molecule has 23 atom stereocenters. The lowest BCUT2D eigenvalue weighted by atomic mass is 9.31. The standard InChI is InChI=1S/C69H83NO9/c1-70-58-31-52-42(17-9-20-45(52)36-71)16-7-8-26-65-33-44-19-11-22-50-49(41-12-3-2-4-13-41)23-24-55-51(50)25-27-63(55)37-64(38-72)61(44)67(76,68(65,77)35-46-29-54(58)60-56(32-59(74)79-60)66(46,65)39-73)34-47-30-53-43(28-57(62(63)75)69(47,64)78)18-10-21-48(53)40-14-5-6-15-40/h2-4,9-10,12-13,17-18,20,32,38,40,43-44,46-51,53-55,57-58,60-62,70-71,73,75-78H,5-6,8,14-15,21-31,33-37,39H2,1H3/t43-,44-,46-,47+,48-,49+,50+,51+,53-,54-,55+,57-,58-,60+,61-,62-,63+,64+,65-,66-,67+,68-,69+/m1/s1. The Bertz CT molecular complexity index is 3020. The molecule has 9 saturated carbocycles. The Morgan fingerprint density at radius 3 is 2.44 bits per heavy atom. The third-order valence-electron chi connectivity index (χ3n) is 27.0. The number of nitrogens with one attached hydrogen (secondary N) is 1. The monoisotopic (exact) mass is 1070 g/mol. The first-order chi connectivity index (χ1) is 38.3. The van der Waals surface area contributed by atoms with Gasteiger partial charge in [0.2, 0.25) is 0 Å². The molecule has 13 aliphatic carbocycles. The number of rotatable bonds is 6. The van der Waals surface area contributed by atoms with Crippen LogP contribution in [0.25, 0.3) is 0 Å². The molecule has 2 aromatic rings. The lowest BCUT2D eigenvalue weighted by Crippen LogP contribution is -2.84.